The molecule has 1 aliphatic carbocycles. The number of aliphatic hydroxyl groups is 3. The maximum Gasteiger partial charge on any atom is 1.00 e. The second kappa shape index (κ2) is 18.5. The Labute approximate surface area is 281 Å². The Bertz CT molecular complexity index is 615. The molecular formula is C7H12Na5O15P3. The molecular weight excluding hydrogens is 532 g/mol. The van der Waals surface area contributed by atoms with Crippen molar-refractivity contribution in [2.75, 3.05) is 7.11 Å². The first-order valence-electron chi connectivity index (χ1n) is 6.08. The summed E-state index contributed by atoms with van der Waals surface area (Å²) in [5.74, 6) is 0. The zero-order valence-electron chi connectivity index (χ0n) is 17.0. The van der Waals surface area contributed by atoms with Crippen LogP contribution < -0.4 is 172 Å². The standard InChI is InChI=1S/C7H17O15P3.5Na/c1-19-25(17,18)22-7-4(10)5(20-23(11,12)13)2(8)3(9)6(7)21-24(14,15)16;;;;;/h2-10H,1H3,(H,17,18)(H2,11,12,13)(H2,14,15,16);;;;;/q;5*+1/p-5/t2-,3+,4+,5-,6-,7-;;;;;/m1...../s1. The fourth-order valence-electron chi connectivity index (χ4n) is 2.03. The molecule has 0 aliphatic heterocycles. The van der Waals surface area contributed by atoms with Gasteiger partial charge < -0.3 is 67.0 Å². The van der Waals surface area contributed by atoms with Crippen LogP contribution in [0.5, 0.6) is 0 Å². The van der Waals surface area contributed by atoms with Gasteiger partial charge in [0.2, 0.25) is 0 Å². The minimum Gasteiger partial charge on any atom is -0.790 e. The van der Waals surface area contributed by atoms with Crippen LogP contribution in [0, 0.1) is 0 Å². The van der Waals surface area contributed by atoms with E-state index in [0.717, 1.165) is 0 Å². The Balaban J connectivity index is -0.000000417. The molecule has 0 aromatic rings. The fourth-order valence-corrected chi connectivity index (χ4v) is 3.75. The topological polar surface area (TPSA) is 264 Å². The van der Waals surface area contributed by atoms with E-state index < -0.39 is 60.1 Å². The van der Waals surface area contributed by atoms with Crippen LogP contribution >= 0.6 is 23.5 Å². The third kappa shape index (κ3) is 15.5. The normalized spacial score (nSPS) is 30.7. The second-order valence-electron chi connectivity index (χ2n) is 4.71. The molecule has 15 nitrogen and oxygen atoms in total. The van der Waals surface area contributed by atoms with Gasteiger partial charge in [0.1, 0.15) is 36.6 Å². The molecule has 1 fully saturated rings. The number of hydrogen-bond acceptors (Lipinski definition) is 15. The zero-order valence-corrected chi connectivity index (χ0v) is 29.7. The van der Waals surface area contributed by atoms with Crippen molar-refractivity contribution in [2.24, 2.45) is 0 Å². The van der Waals surface area contributed by atoms with Crippen molar-refractivity contribution < 1.29 is 219 Å². The van der Waals surface area contributed by atoms with Crippen LogP contribution in [0.2, 0.25) is 0 Å². The van der Waals surface area contributed by atoms with Gasteiger partial charge in [-0.15, -0.1) is 0 Å². The molecule has 0 heterocycles. The predicted molar refractivity (Wildman–Crippen MR) is 62.5 cm³/mol. The van der Waals surface area contributed by atoms with Crippen LogP contribution in [-0.4, -0.2) is 59.1 Å². The van der Waals surface area contributed by atoms with Crippen LogP contribution in [0.3, 0.4) is 0 Å². The van der Waals surface area contributed by atoms with Gasteiger partial charge in [-0.25, -0.2) is 0 Å². The van der Waals surface area contributed by atoms with Gasteiger partial charge in [0, 0.05) is 7.11 Å². The largest absolute Gasteiger partial charge is 1.00 e. The summed E-state index contributed by atoms with van der Waals surface area (Å²) in [7, 11) is -16.4. The Hall–Kier alpha value is 5.21. The average molecular weight is 544 g/mol. The van der Waals surface area contributed by atoms with Crippen LogP contribution in [-0.2, 0) is 31.8 Å². The average Bonchev–Trinajstić information content (AvgIpc) is 2.43. The van der Waals surface area contributed by atoms with Gasteiger partial charge in [-0.3, -0.25) is 4.57 Å². The summed E-state index contributed by atoms with van der Waals surface area (Å²) in [6.45, 7) is 0. The summed E-state index contributed by atoms with van der Waals surface area (Å²) in [5.41, 5.74) is 0. The van der Waals surface area contributed by atoms with E-state index in [-0.39, 0.29) is 148 Å². The fraction of sp³-hybridized carbons (Fsp3) is 1.00. The monoisotopic (exact) mass is 544 g/mol. The maximum atomic E-state index is 11.3. The summed E-state index contributed by atoms with van der Waals surface area (Å²) in [6, 6.07) is 0. The molecule has 0 aromatic carbocycles. The van der Waals surface area contributed by atoms with E-state index in [1.54, 1.807) is 0 Å². The zero-order chi connectivity index (χ0) is 19.8. The molecule has 0 radical (unpaired) electrons. The molecule has 7 atom stereocenters. The molecule has 0 aromatic heterocycles. The number of phosphoric ester groups is 3. The van der Waals surface area contributed by atoms with E-state index in [9.17, 15) is 53.5 Å². The summed E-state index contributed by atoms with van der Waals surface area (Å²) in [4.78, 5) is 54.1. The third-order valence-corrected chi connectivity index (χ3v) is 4.95. The van der Waals surface area contributed by atoms with Gasteiger partial charge in [-0.1, -0.05) is 0 Å². The van der Waals surface area contributed by atoms with Crippen molar-refractivity contribution in [3.63, 3.8) is 0 Å². The van der Waals surface area contributed by atoms with Gasteiger partial charge in [0.15, 0.2) is 0 Å². The quantitative estimate of drug-likeness (QED) is 0.198. The van der Waals surface area contributed by atoms with Crippen LogP contribution in [0.4, 0.5) is 0 Å². The first-order valence-corrected chi connectivity index (χ1v) is 10.5. The molecule has 23 heteroatoms. The van der Waals surface area contributed by atoms with Crippen molar-refractivity contribution in [3.8, 4) is 0 Å². The van der Waals surface area contributed by atoms with Crippen LogP contribution in [0.1, 0.15) is 0 Å². The second-order valence-corrected chi connectivity index (χ2v) is 8.39. The van der Waals surface area contributed by atoms with E-state index in [1.807, 2.05) is 0 Å². The number of aliphatic hydroxyl groups excluding tert-OH is 3. The van der Waals surface area contributed by atoms with E-state index in [2.05, 4.69) is 18.1 Å². The Morgan fingerprint density at radius 2 is 0.900 bits per heavy atom. The number of rotatable bonds is 7. The summed E-state index contributed by atoms with van der Waals surface area (Å²) >= 11 is 0. The molecule has 1 aliphatic rings. The van der Waals surface area contributed by atoms with Crippen molar-refractivity contribution in [1.29, 1.82) is 0 Å². The molecule has 0 amide bonds. The van der Waals surface area contributed by atoms with E-state index in [0.29, 0.717) is 7.11 Å². The van der Waals surface area contributed by atoms with Crippen molar-refractivity contribution in [2.45, 2.75) is 36.6 Å². The van der Waals surface area contributed by atoms with Gasteiger partial charge >= 0.3 is 148 Å². The predicted octanol–water partition coefficient (Wildman–Crippen LogP) is -21.0. The number of hydrogen-bond donors (Lipinski definition) is 3. The summed E-state index contributed by atoms with van der Waals surface area (Å²) < 4.78 is 48.5. The van der Waals surface area contributed by atoms with E-state index in [1.165, 1.54) is 0 Å². The van der Waals surface area contributed by atoms with Gasteiger partial charge in [-0.05, 0) is 0 Å². The molecule has 3 N–H and O–H groups in total. The smallest absolute Gasteiger partial charge is 0.790 e. The molecule has 0 spiro atoms. The first kappa shape index (κ1) is 45.2. The van der Waals surface area contributed by atoms with Crippen LogP contribution in [0.25, 0.3) is 0 Å². The Morgan fingerprint density at radius 3 is 1.23 bits per heavy atom. The first-order chi connectivity index (χ1) is 11.1. The molecule has 150 valence electrons. The SMILES string of the molecule is COP(=O)([O-])O[C@@H]1[C@@H](O)[C@H](OP(=O)([O-])[O-])[C@H](O)[C@H](O)[C@H]1OP(=O)([O-])[O-].[Na+].[Na+].[Na+].[Na+].[Na+]. The van der Waals surface area contributed by atoms with Gasteiger partial charge in [0.25, 0.3) is 7.82 Å². The van der Waals surface area contributed by atoms with Crippen molar-refractivity contribution in [3.05, 3.63) is 0 Å². The van der Waals surface area contributed by atoms with Gasteiger partial charge in [0.05, 0.1) is 15.6 Å². The van der Waals surface area contributed by atoms with Gasteiger partial charge in [-0.2, -0.15) is 0 Å². The Kier molecular flexibility index (Phi) is 27.8. The molecule has 1 unspecified atom stereocenters. The minimum absolute atomic E-state index is 0. The van der Waals surface area contributed by atoms with E-state index >= 15 is 0 Å². The molecule has 30 heavy (non-hydrogen) atoms. The number of phosphoric acid groups is 3. The molecule has 1 rings (SSSR count). The van der Waals surface area contributed by atoms with E-state index in [4.69, 9.17) is 0 Å². The molecule has 0 bridgehead atoms. The van der Waals surface area contributed by atoms with Crippen molar-refractivity contribution in [1.82, 2.24) is 0 Å². The molecule has 0 saturated heterocycles. The minimum atomic E-state index is -5.91. The summed E-state index contributed by atoms with van der Waals surface area (Å²) in [5, 5.41) is 29.3. The Morgan fingerprint density at radius 1 is 0.600 bits per heavy atom. The summed E-state index contributed by atoms with van der Waals surface area (Å²) in [6.07, 6.45) is -15.0. The third-order valence-electron chi connectivity index (χ3n) is 3.00. The van der Waals surface area contributed by atoms with Crippen molar-refractivity contribution >= 4 is 23.5 Å². The van der Waals surface area contributed by atoms with Crippen LogP contribution in [0.15, 0.2) is 0 Å². The maximum absolute atomic E-state index is 11.3. The molecule has 1 saturated carbocycles.